The molecule has 0 heterocycles. The van der Waals surface area contributed by atoms with Crippen LogP contribution in [0.2, 0.25) is 0 Å². The van der Waals surface area contributed by atoms with Gasteiger partial charge in [0.1, 0.15) is 5.75 Å². The number of carbonyl (C=O) groups excluding carboxylic acids is 1. The van der Waals surface area contributed by atoms with Crippen LogP contribution < -0.4 is 10.1 Å². The van der Waals surface area contributed by atoms with Crippen molar-refractivity contribution in [3.05, 3.63) is 59.7 Å². The third-order valence-corrected chi connectivity index (χ3v) is 5.90. The molecule has 0 aromatic heterocycles. The first kappa shape index (κ1) is 20.9. The molecule has 0 bridgehead atoms. The minimum Gasteiger partial charge on any atom is -0.494 e. The molecule has 146 valence electrons. The first-order valence-electron chi connectivity index (χ1n) is 8.85. The van der Waals surface area contributed by atoms with E-state index in [9.17, 15) is 13.2 Å². The lowest BCUT2D eigenvalue weighted by Crippen LogP contribution is -2.39. The molecule has 0 saturated carbocycles. The standard InChI is InChI=1S/C20H26N2O4S/c1-4-26-19-11-10-18(14-16(19)2)27(24,25)22(3)15-20(23)21-13-12-17-8-6-5-7-9-17/h5-11,14H,4,12-13,15H2,1-3H3,(H,21,23). The van der Waals surface area contributed by atoms with Gasteiger partial charge in [-0.05, 0) is 49.6 Å². The van der Waals surface area contributed by atoms with Crippen molar-refractivity contribution in [2.45, 2.75) is 25.2 Å². The Morgan fingerprint density at radius 3 is 2.48 bits per heavy atom. The summed E-state index contributed by atoms with van der Waals surface area (Å²) in [5.74, 6) is 0.317. The van der Waals surface area contributed by atoms with Crippen LogP contribution in [0, 0.1) is 6.92 Å². The van der Waals surface area contributed by atoms with E-state index in [4.69, 9.17) is 4.74 Å². The number of rotatable bonds is 9. The van der Waals surface area contributed by atoms with E-state index in [1.54, 1.807) is 19.1 Å². The molecule has 0 saturated heterocycles. The molecule has 6 nitrogen and oxygen atoms in total. The molecule has 0 unspecified atom stereocenters. The maximum absolute atomic E-state index is 12.7. The zero-order valence-corrected chi connectivity index (χ0v) is 16.8. The Balaban J connectivity index is 1.94. The lowest BCUT2D eigenvalue weighted by molar-refractivity contribution is -0.121. The van der Waals surface area contributed by atoms with Gasteiger partial charge in [0.25, 0.3) is 0 Å². The Kier molecular flexibility index (Phi) is 7.38. The van der Waals surface area contributed by atoms with Crippen LogP contribution in [-0.4, -0.2) is 45.4 Å². The van der Waals surface area contributed by atoms with Gasteiger partial charge in [-0.2, -0.15) is 4.31 Å². The average Bonchev–Trinajstić information content (AvgIpc) is 2.64. The minimum absolute atomic E-state index is 0.142. The van der Waals surface area contributed by atoms with E-state index in [1.165, 1.54) is 13.1 Å². The van der Waals surface area contributed by atoms with E-state index in [1.807, 2.05) is 37.3 Å². The van der Waals surface area contributed by atoms with Crippen molar-refractivity contribution < 1.29 is 17.9 Å². The molecule has 0 spiro atoms. The number of carbonyl (C=O) groups is 1. The molecule has 0 aliphatic heterocycles. The maximum Gasteiger partial charge on any atom is 0.243 e. The quantitative estimate of drug-likeness (QED) is 0.713. The Bertz CT molecular complexity index is 867. The molecule has 2 aromatic rings. The van der Waals surface area contributed by atoms with Crippen LogP contribution in [-0.2, 0) is 21.2 Å². The first-order valence-corrected chi connectivity index (χ1v) is 10.3. The maximum atomic E-state index is 12.7. The van der Waals surface area contributed by atoms with Crippen LogP contribution in [0.3, 0.4) is 0 Å². The first-order chi connectivity index (χ1) is 12.8. The largest absolute Gasteiger partial charge is 0.494 e. The molecule has 0 radical (unpaired) electrons. The van der Waals surface area contributed by atoms with Gasteiger partial charge >= 0.3 is 0 Å². The summed E-state index contributed by atoms with van der Waals surface area (Å²) in [5, 5.41) is 2.76. The van der Waals surface area contributed by atoms with Gasteiger partial charge in [0.2, 0.25) is 15.9 Å². The summed E-state index contributed by atoms with van der Waals surface area (Å²) in [6, 6.07) is 14.5. The summed E-state index contributed by atoms with van der Waals surface area (Å²) < 4.78 is 31.9. The van der Waals surface area contributed by atoms with E-state index >= 15 is 0 Å². The summed E-state index contributed by atoms with van der Waals surface area (Å²) in [6.45, 7) is 4.40. The third kappa shape index (κ3) is 5.80. The fraction of sp³-hybridized carbons (Fsp3) is 0.350. The fourth-order valence-electron chi connectivity index (χ4n) is 2.61. The number of hydrogen-bond acceptors (Lipinski definition) is 4. The van der Waals surface area contributed by atoms with Gasteiger partial charge < -0.3 is 10.1 Å². The van der Waals surface area contributed by atoms with Gasteiger partial charge in [-0.3, -0.25) is 4.79 Å². The monoisotopic (exact) mass is 390 g/mol. The number of ether oxygens (including phenoxy) is 1. The van der Waals surface area contributed by atoms with Crippen LogP contribution in [0.5, 0.6) is 5.75 Å². The summed E-state index contributed by atoms with van der Waals surface area (Å²) in [6.07, 6.45) is 0.696. The molecule has 7 heteroatoms. The predicted octanol–water partition coefficient (Wildman–Crippen LogP) is 2.37. The van der Waals surface area contributed by atoms with E-state index < -0.39 is 10.0 Å². The van der Waals surface area contributed by atoms with Crippen molar-refractivity contribution in [2.75, 3.05) is 26.7 Å². The van der Waals surface area contributed by atoms with Gasteiger partial charge in [0.05, 0.1) is 18.0 Å². The topological polar surface area (TPSA) is 75.7 Å². The molecule has 0 aliphatic carbocycles. The van der Waals surface area contributed by atoms with Gasteiger partial charge in [0.15, 0.2) is 0 Å². The number of nitrogens with zero attached hydrogens (tertiary/aromatic N) is 1. The van der Waals surface area contributed by atoms with Crippen LogP contribution in [0.25, 0.3) is 0 Å². The van der Waals surface area contributed by atoms with Gasteiger partial charge in [0, 0.05) is 13.6 Å². The molecule has 27 heavy (non-hydrogen) atoms. The molecule has 2 aromatic carbocycles. The zero-order chi connectivity index (χ0) is 19.9. The highest BCUT2D eigenvalue weighted by Crippen LogP contribution is 2.23. The molecule has 2 rings (SSSR count). The zero-order valence-electron chi connectivity index (χ0n) is 15.9. The normalized spacial score (nSPS) is 11.4. The van der Waals surface area contributed by atoms with Gasteiger partial charge in [-0.15, -0.1) is 0 Å². The number of aryl methyl sites for hydroxylation is 1. The number of hydrogen-bond donors (Lipinski definition) is 1. The second-order valence-corrected chi connectivity index (χ2v) is 8.25. The van der Waals surface area contributed by atoms with Crippen LogP contribution >= 0.6 is 0 Å². The van der Waals surface area contributed by atoms with E-state index in [0.717, 1.165) is 15.4 Å². The Morgan fingerprint density at radius 1 is 1.15 bits per heavy atom. The van der Waals surface area contributed by atoms with E-state index in [0.29, 0.717) is 25.3 Å². The molecule has 0 aliphatic rings. The average molecular weight is 391 g/mol. The van der Waals surface area contributed by atoms with E-state index in [2.05, 4.69) is 5.32 Å². The predicted molar refractivity (Wildman–Crippen MR) is 105 cm³/mol. The number of benzene rings is 2. The lowest BCUT2D eigenvalue weighted by atomic mass is 10.1. The van der Waals surface area contributed by atoms with E-state index in [-0.39, 0.29) is 17.3 Å². The second kappa shape index (κ2) is 9.53. The molecule has 0 fully saturated rings. The van der Waals surface area contributed by atoms with Gasteiger partial charge in [-0.25, -0.2) is 8.42 Å². The van der Waals surface area contributed by atoms with Crippen LogP contribution in [0.1, 0.15) is 18.1 Å². The molecular formula is C20H26N2O4S. The highest BCUT2D eigenvalue weighted by Gasteiger charge is 2.23. The summed E-state index contributed by atoms with van der Waals surface area (Å²) in [7, 11) is -2.35. The number of nitrogens with one attached hydrogen (secondary N) is 1. The van der Waals surface area contributed by atoms with Crippen molar-refractivity contribution in [3.63, 3.8) is 0 Å². The Morgan fingerprint density at radius 2 is 1.85 bits per heavy atom. The second-order valence-electron chi connectivity index (χ2n) is 6.21. The minimum atomic E-state index is -3.75. The smallest absolute Gasteiger partial charge is 0.243 e. The van der Waals surface area contributed by atoms with Crippen molar-refractivity contribution in [3.8, 4) is 5.75 Å². The molecule has 1 amide bonds. The van der Waals surface area contributed by atoms with Crippen LogP contribution in [0.15, 0.2) is 53.4 Å². The summed E-state index contributed by atoms with van der Waals surface area (Å²) in [5.41, 5.74) is 1.85. The number of likely N-dealkylation sites (N-methyl/N-ethyl adjacent to an activating group) is 1. The number of amides is 1. The third-order valence-electron chi connectivity index (χ3n) is 4.10. The summed E-state index contributed by atoms with van der Waals surface area (Å²) in [4.78, 5) is 12.2. The fourth-order valence-corrected chi connectivity index (χ4v) is 3.83. The van der Waals surface area contributed by atoms with Crippen molar-refractivity contribution in [2.24, 2.45) is 0 Å². The molecular weight excluding hydrogens is 364 g/mol. The van der Waals surface area contributed by atoms with Crippen LogP contribution in [0.4, 0.5) is 0 Å². The van der Waals surface area contributed by atoms with Crippen molar-refractivity contribution in [1.82, 2.24) is 9.62 Å². The SMILES string of the molecule is CCOc1ccc(S(=O)(=O)N(C)CC(=O)NCCc2ccccc2)cc1C. The highest BCUT2D eigenvalue weighted by atomic mass is 32.2. The molecule has 1 N–H and O–H groups in total. The number of sulfonamides is 1. The van der Waals surface area contributed by atoms with Crippen molar-refractivity contribution in [1.29, 1.82) is 0 Å². The summed E-state index contributed by atoms with van der Waals surface area (Å²) >= 11 is 0. The highest BCUT2D eigenvalue weighted by molar-refractivity contribution is 7.89. The Hall–Kier alpha value is -2.38. The lowest BCUT2D eigenvalue weighted by Gasteiger charge is -2.18. The van der Waals surface area contributed by atoms with Gasteiger partial charge in [-0.1, -0.05) is 30.3 Å². The van der Waals surface area contributed by atoms with Crippen molar-refractivity contribution >= 4 is 15.9 Å². The Labute approximate surface area is 161 Å². The molecule has 0 atom stereocenters.